The van der Waals surface area contributed by atoms with Crippen molar-refractivity contribution in [2.75, 3.05) is 5.75 Å². The lowest BCUT2D eigenvalue weighted by Crippen LogP contribution is -2.20. The molecule has 0 radical (unpaired) electrons. The molecule has 0 fully saturated rings. The predicted octanol–water partition coefficient (Wildman–Crippen LogP) is 5.61. The molecule has 0 aliphatic carbocycles. The SMILES string of the molecule is Cc1cc(C)nc(SCC(=O)N/N=C/c2c(C)n(Cc3ccc(Cl)cc3)c3c(C)cccc23)n1. The van der Waals surface area contributed by atoms with E-state index in [1.165, 1.54) is 17.3 Å². The Kier molecular flexibility index (Phi) is 7.34. The Morgan fingerprint density at radius 1 is 1.09 bits per heavy atom. The standard InChI is InChI=1S/C26H26ClN5OS/c1-16-6-5-7-22-23(19(4)32(25(16)22)14-20-8-10-21(27)11-9-20)13-28-31-24(33)15-34-26-29-17(2)12-18(3)30-26/h5-13H,14-15H2,1-4H3,(H,31,33)/b28-13+. The van der Waals surface area contributed by atoms with Crippen LogP contribution >= 0.6 is 23.4 Å². The lowest BCUT2D eigenvalue weighted by atomic mass is 10.1. The molecule has 2 heterocycles. The summed E-state index contributed by atoms with van der Waals surface area (Å²) in [5, 5.41) is 6.66. The van der Waals surface area contributed by atoms with Crippen molar-refractivity contribution in [3.63, 3.8) is 0 Å². The highest BCUT2D eigenvalue weighted by molar-refractivity contribution is 7.99. The van der Waals surface area contributed by atoms with Gasteiger partial charge in [-0.3, -0.25) is 4.79 Å². The number of amides is 1. The van der Waals surface area contributed by atoms with Crippen LogP contribution in [0.5, 0.6) is 0 Å². The zero-order valence-corrected chi connectivity index (χ0v) is 21.2. The van der Waals surface area contributed by atoms with Gasteiger partial charge in [0.15, 0.2) is 5.16 Å². The van der Waals surface area contributed by atoms with Crippen LogP contribution in [0.4, 0.5) is 0 Å². The summed E-state index contributed by atoms with van der Waals surface area (Å²) in [5.41, 5.74) is 9.97. The largest absolute Gasteiger partial charge is 0.340 e. The molecular weight excluding hydrogens is 466 g/mol. The molecule has 0 bridgehead atoms. The zero-order chi connectivity index (χ0) is 24.2. The van der Waals surface area contributed by atoms with Gasteiger partial charge in [-0.15, -0.1) is 0 Å². The molecule has 1 amide bonds. The third-order valence-corrected chi connectivity index (χ3v) is 6.62. The van der Waals surface area contributed by atoms with Gasteiger partial charge in [-0.05, 0) is 57.0 Å². The summed E-state index contributed by atoms with van der Waals surface area (Å²) in [4.78, 5) is 21.0. The van der Waals surface area contributed by atoms with Crippen molar-refractivity contribution >= 4 is 46.4 Å². The van der Waals surface area contributed by atoms with Crippen LogP contribution in [0.15, 0.2) is 58.8 Å². The maximum absolute atomic E-state index is 12.3. The number of halogens is 1. The monoisotopic (exact) mass is 491 g/mol. The van der Waals surface area contributed by atoms with Gasteiger partial charge in [-0.25, -0.2) is 15.4 Å². The highest BCUT2D eigenvalue weighted by Gasteiger charge is 2.15. The van der Waals surface area contributed by atoms with Gasteiger partial charge in [0, 0.05) is 39.6 Å². The minimum Gasteiger partial charge on any atom is -0.340 e. The molecule has 4 rings (SSSR count). The van der Waals surface area contributed by atoms with Crippen molar-refractivity contribution in [2.24, 2.45) is 5.10 Å². The number of rotatable bonds is 7. The van der Waals surface area contributed by atoms with Gasteiger partial charge in [-0.1, -0.05) is 53.7 Å². The van der Waals surface area contributed by atoms with Gasteiger partial charge >= 0.3 is 0 Å². The number of para-hydroxylation sites is 1. The second-order valence-electron chi connectivity index (χ2n) is 8.20. The van der Waals surface area contributed by atoms with Gasteiger partial charge in [0.1, 0.15) is 0 Å². The van der Waals surface area contributed by atoms with E-state index in [4.69, 9.17) is 11.6 Å². The molecule has 2 aromatic carbocycles. The molecule has 2 aromatic heterocycles. The number of thioether (sulfide) groups is 1. The lowest BCUT2D eigenvalue weighted by molar-refractivity contribution is -0.118. The molecule has 0 unspecified atom stereocenters. The van der Waals surface area contributed by atoms with Crippen molar-refractivity contribution < 1.29 is 4.79 Å². The number of nitrogens with one attached hydrogen (secondary N) is 1. The summed E-state index contributed by atoms with van der Waals surface area (Å²) in [6, 6.07) is 16.0. The van der Waals surface area contributed by atoms with Crippen molar-refractivity contribution in [3.8, 4) is 0 Å². The Labute approximate surface area is 208 Å². The van der Waals surface area contributed by atoms with Gasteiger partial charge in [0.05, 0.1) is 17.5 Å². The molecule has 0 saturated heterocycles. The molecule has 0 saturated carbocycles. The van der Waals surface area contributed by atoms with E-state index in [1.807, 2.05) is 50.2 Å². The van der Waals surface area contributed by atoms with Crippen molar-refractivity contribution in [1.29, 1.82) is 0 Å². The van der Waals surface area contributed by atoms with Crippen LogP contribution in [0.2, 0.25) is 5.02 Å². The smallest absolute Gasteiger partial charge is 0.250 e. The van der Waals surface area contributed by atoms with Crippen LogP contribution in [-0.4, -0.2) is 32.4 Å². The molecule has 4 aromatic rings. The molecule has 8 heteroatoms. The first-order chi connectivity index (χ1) is 16.3. The first kappa shape index (κ1) is 24.0. The molecule has 0 spiro atoms. The Morgan fingerprint density at radius 3 is 2.50 bits per heavy atom. The Morgan fingerprint density at radius 2 is 1.79 bits per heavy atom. The molecule has 1 N–H and O–H groups in total. The van der Waals surface area contributed by atoms with E-state index in [2.05, 4.69) is 51.0 Å². The number of carbonyl (C=O) groups excluding carboxylic acids is 1. The molecule has 0 aliphatic rings. The maximum Gasteiger partial charge on any atom is 0.250 e. The predicted molar refractivity (Wildman–Crippen MR) is 140 cm³/mol. The Balaban J connectivity index is 1.52. The number of hydrogen-bond acceptors (Lipinski definition) is 5. The Hall–Kier alpha value is -3.16. The average Bonchev–Trinajstić information content (AvgIpc) is 3.05. The topological polar surface area (TPSA) is 72.2 Å². The van der Waals surface area contributed by atoms with E-state index in [1.54, 1.807) is 6.21 Å². The summed E-state index contributed by atoms with van der Waals surface area (Å²) in [7, 11) is 0. The first-order valence-electron chi connectivity index (χ1n) is 10.9. The molecule has 0 aliphatic heterocycles. The average molecular weight is 492 g/mol. The van der Waals surface area contributed by atoms with Crippen LogP contribution in [-0.2, 0) is 11.3 Å². The van der Waals surface area contributed by atoms with Crippen LogP contribution in [0.1, 0.15) is 33.8 Å². The van der Waals surface area contributed by atoms with Crippen molar-refractivity contribution in [3.05, 3.63) is 87.3 Å². The Bertz CT molecular complexity index is 1360. The van der Waals surface area contributed by atoms with Crippen molar-refractivity contribution in [1.82, 2.24) is 20.0 Å². The van der Waals surface area contributed by atoms with Gasteiger partial charge in [0.25, 0.3) is 5.91 Å². The van der Waals surface area contributed by atoms with E-state index in [9.17, 15) is 4.79 Å². The number of benzene rings is 2. The lowest BCUT2D eigenvalue weighted by Gasteiger charge is -2.10. The van der Waals surface area contributed by atoms with Crippen LogP contribution < -0.4 is 5.43 Å². The fraction of sp³-hybridized carbons (Fsp3) is 0.231. The van der Waals surface area contributed by atoms with E-state index >= 15 is 0 Å². The number of aryl methyl sites for hydroxylation is 3. The normalized spacial score (nSPS) is 11.4. The van der Waals surface area contributed by atoms with Crippen LogP contribution in [0, 0.1) is 27.7 Å². The third kappa shape index (κ3) is 5.48. The van der Waals surface area contributed by atoms with Gasteiger partial charge in [-0.2, -0.15) is 5.10 Å². The number of aromatic nitrogens is 3. The van der Waals surface area contributed by atoms with Gasteiger partial charge < -0.3 is 4.57 Å². The first-order valence-corrected chi connectivity index (χ1v) is 12.3. The van der Waals surface area contributed by atoms with Crippen molar-refractivity contribution in [2.45, 2.75) is 39.4 Å². The number of hydrogen-bond donors (Lipinski definition) is 1. The number of nitrogens with zero attached hydrogens (tertiary/aromatic N) is 4. The fourth-order valence-corrected chi connectivity index (χ4v) is 4.83. The summed E-state index contributed by atoms with van der Waals surface area (Å²) < 4.78 is 2.28. The summed E-state index contributed by atoms with van der Waals surface area (Å²) in [6.07, 6.45) is 1.73. The molecule has 174 valence electrons. The summed E-state index contributed by atoms with van der Waals surface area (Å²) in [6.45, 7) is 8.73. The van der Waals surface area contributed by atoms with Gasteiger partial charge in [0.2, 0.25) is 0 Å². The quantitative estimate of drug-likeness (QED) is 0.158. The highest BCUT2D eigenvalue weighted by Crippen LogP contribution is 2.28. The van der Waals surface area contributed by atoms with Crippen LogP contribution in [0.25, 0.3) is 10.9 Å². The molecule has 34 heavy (non-hydrogen) atoms. The number of hydrazone groups is 1. The minimum atomic E-state index is -0.206. The molecule has 6 nitrogen and oxygen atoms in total. The van der Waals surface area contributed by atoms with E-state index in [-0.39, 0.29) is 11.7 Å². The summed E-state index contributed by atoms with van der Waals surface area (Å²) >= 11 is 7.35. The van der Waals surface area contributed by atoms with E-state index < -0.39 is 0 Å². The summed E-state index contributed by atoms with van der Waals surface area (Å²) in [5.74, 6) is -0.0147. The van der Waals surface area contributed by atoms with E-state index in [0.29, 0.717) is 5.16 Å². The minimum absolute atomic E-state index is 0.191. The number of fused-ring (bicyclic) bond motifs is 1. The molecule has 0 atom stereocenters. The van der Waals surface area contributed by atoms with Crippen LogP contribution in [0.3, 0.4) is 0 Å². The number of carbonyl (C=O) groups is 1. The zero-order valence-electron chi connectivity index (χ0n) is 19.6. The third-order valence-electron chi connectivity index (χ3n) is 5.52. The second kappa shape index (κ2) is 10.4. The fourth-order valence-electron chi connectivity index (χ4n) is 3.96. The highest BCUT2D eigenvalue weighted by atomic mass is 35.5. The molecular formula is C26H26ClN5OS. The second-order valence-corrected chi connectivity index (χ2v) is 9.58. The maximum atomic E-state index is 12.3. The van der Waals surface area contributed by atoms with E-state index in [0.717, 1.165) is 50.7 Å².